The number of hydrogen-bond acceptors (Lipinski definition) is 9. The van der Waals surface area contributed by atoms with Crippen LogP contribution in [0.25, 0.3) is 11.2 Å². The Morgan fingerprint density at radius 1 is 1.17 bits per heavy atom. The molecule has 0 saturated carbocycles. The zero-order valence-corrected chi connectivity index (χ0v) is 17.4. The van der Waals surface area contributed by atoms with Crippen molar-refractivity contribution in [2.24, 2.45) is 0 Å². The van der Waals surface area contributed by atoms with Gasteiger partial charge in [-0.1, -0.05) is 49.0 Å². The number of ether oxygens (including phenoxy) is 1. The lowest BCUT2D eigenvalue weighted by Gasteiger charge is -2.19. The number of imidazole rings is 1. The van der Waals surface area contributed by atoms with Crippen LogP contribution in [0.5, 0.6) is 0 Å². The molecule has 160 valence electrons. The van der Waals surface area contributed by atoms with E-state index in [0.29, 0.717) is 28.7 Å². The second kappa shape index (κ2) is 9.27. The number of benzene rings is 1. The maximum absolute atomic E-state index is 10.6. The van der Waals surface area contributed by atoms with Crippen molar-refractivity contribution < 1.29 is 20.1 Å². The van der Waals surface area contributed by atoms with Crippen molar-refractivity contribution in [2.45, 2.75) is 48.7 Å². The zero-order valence-electron chi connectivity index (χ0n) is 16.5. The molecule has 1 unspecified atom stereocenters. The first-order valence-corrected chi connectivity index (χ1v) is 10.9. The molecule has 0 spiro atoms. The Morgan fingerprint density at radius 3 is 2.67 bits per heavy atom. The van der Waals surface area contributed by atoms with Gasteiger partial charge in [-0.25, -0.2) is 15.0 Å². The van der Waals surface area contributed by atoms with Gasteiger partial charge < -0.3 is 25.4 Å². The standard InChI is InChI=1S/C20H25N5O4S/c1-2-8-21-20-24-14-17(25(20)19-16(28)15(27)13(9-26)29-19)22-11-23-18(14)30-10-12-6-4-3-5-7-12/h3-7,11,13,15-16,19,26-28H,2,8-10H2,1H3,(H,21,24)/t13-,15-,16-,19?/m1/s1. The molecule has 1 saturated heterocycles. The van der Waals surface area contributed by atoms with Crippen LogP contribution in [-0.4, -0.2) is 66.3 Å². The lowest BCUT2D eigenvalue weighted by molar-refractivity contribution is -0.0501. The van der Waals surface area contributed by atoms with Crippen molar-refractivity contribution in [3.63, 3.8) is 0 Å². The van der Waals surface area contributed by atoms with Crippen molar-refractivity contribution in [2.75, 3.05) is 18.5 Å². The van der Waals surface area contributed by atoms with Crippen molar-refractivity contribution >= 4 is 28.9 Å². The van der Waals surface area contributed by atoms with Gasteiger partial charge in [0.2, 0.25) is 5.95 Å². The highest BCUT2D eigenvalue weighted by Crippen LogP contribution is 2.36. The third kappa shape index (κ3) is 4.01. The summed E-state index contributed by atoms with van der Waals surface area (Å²) < 4.78 is 7.38. The molecule has 1 fully saturated rings. The van der Waals surface area contributed by atoms with E-state index in [4.69, 9.17) is 4.74 Å². The summed E-state index contributed by atoms with van der Waals surface area (Å²) in [4.78, 5) is 13.5. The number of thioether (sulfide) groups is 1. The predicted octanol–water partition coefficient (Wildman–Crippen LogP) is 1.55. The van der Waals surface area contributed by atoms with Crippen LogP contribution in [-0.2, 0) is 10.5 Å². The summed E-state index contributed by atoms with van der Waals surface area (Å²) in [6.07, 6.45) is -1.90. The van der Waals surface area contributed by atoms with Crippen molar-refractivity contribution in [1.82, 2.24) is 19.5 Å². The van der Waals surface area contributed by atoms with Gasteiger partial charge >= 0.3 is 0 Å². The minimum absolute atomic E-state index is 0.397. The lowest BCUT2D eigenvalue weighted by atomic mass is 10.1. The number of aromatic nitrogens is 4. The molecule has 2 aromatic heterocycles. The van der Waals surface area contributed by atoms with E-state index in [1.807, 2.05) is 25.1 Å². The van der Waals surface area contributed by atoms with E-state index in [0.717, 1.165) is 12.2 Å². The normalized spacial score (nSPS) is 23.9. The highest BCUT2D eigenvalue weighted by atomic mass is 32.2. The van der Waals surface area contributed by atoms with Crippen LogP contribution in [0.4, 0.5) is 5.95 Å². The van der Waals surface area contributed by atoms with E-state index in [1.54, 1.807) is 16.3 Å². The van der Waals surface area contributed by atoms with Crippen LogP contribution in [0.2, 0.25) is 0 Å². The highest BCUT2D eigenvalue weighted by Gasteiger charge is 2.45. The third-order valence-corrected chi connectivity index (χ3v) is 6.02. The van der Waals surface area contributed by atoms with Gasteiger partial charge in [0, 0.05) is 12.3 Å². The average Bonchev–Trinajstić information content (AvgIpc) is 3.28. The number of anilines is 1. The van der Waals surface area contributed by atoms with Crippen LogP contribution >= 0.6 is 11.8 Å². The van der Waals surface area contributed by atoms with E-state index in [9.17, 15) is 15.3 Å². The third-order valence-electron chi connectivity index (χ3n) is 4.97. The molecule has 30 heavy (non-hydrogen) atoms. The topological polar surface area (TPSA) is 126 Å². The van der Waals surface area contributed by atoms with E-state index in [2.05, 4.69) is 32.4 Å². The van der Waals surface area contributed by atoms with Gasteiger partial charge in [0.15, 0.2) is 11.9 Å². The number of aliphatic hydroxyl groups excluding tert-OH is 3. The molecular formula is C20H25N5O4S. The van der Waals surface area contributed by atoms with Crippen LogP contribution < -0.4 is 5.32 Å². The minimum Gasteiger partial charge on any atom is -0.394 e. The largest absolute Gasteiger partial charge is 0.394 e. The van der Waals surface area contributed by atoms with E-state index in [1.165, 1.54) is 11.9 Å². The van der Waals surface area contributed by atoms with Crippen LogP contribution in [0.15, 0.2) is 41.7 Å². The van der Waals surface area contributed by atoms with E-state index in [-0.39, 0.29) is 0 Å². The Kier molecular flexibility index (Phi) is 6.49. The fraction of sp³-hybridized carbons (Fsp3) is 0.450. The summed E-state index contributed by atoms with van der Waals surface area (Å²) in [6.45, 7) is 2.30. The van der Waals surface area contributed by atoms with E-state index < -0.39 is 31.1 Å². The minimum atomic E-state index is -1.22. The van der Waals surface area contributed by atoms with Crippen molar-refractivity contribution in [3.8, 4) is 0 Å². The second-order valence-electron chi connectivity index (χ2n) is 7.09. The van der Waals surface area contributed by atoms with E-state index >= 15 is 0 Å². The van der Waals surface area contributed by atoms with Gasteiger partial charge in [0.05, 0.1) is 6.61 Å². The van der Waals surface area contributed by atoms with Gasteiger partial charge in [0.1, 0.15) is 35.2 Å². The number of nitrogens with zero attached hydrogens (tertiary/aromatic N) is 4. The monoisotopic (exact) mass is 431 g/mol. The SMILES string of the molecule is CCCNc1nc2c(SCc3ccccc3)ncnc2n1C1O[C@H](CO)[C@@H](O)[C@H]1O. The summed E-state index contributed by atoms with van der Waals surface area (Å²) in [5, 5.41) is 34.2. The molecule has 3 heterocycles. The molecule has 3 aromatic rings. The predicted molar refractivity (Wildman–Crippen MR) is 113 cm³/mol. The molecule has 4 rings (SSSR count). The number of fused-ring (bicyclic) bond motifs is 1. The first kappa shape index (κ1) is 21.0. The number of aliphatic hydroxyl groups is 3. The lowest BCUT2D eigenvalue weighted by Crippen LogP contribution is -2.33. The second-order valence-corrected chi connectivity index (χ2v) is 8.05. The average molecular weight is 432 g/mol. The summed E-state index contributed by atoms with van der Waals surface area (Å²) in [7, 11) is 0. The molecule has 4 atom stereocenters. The molecule has 1 aliphatic heterocycles. The Hall–Kier alpha value is -2.24. The number of rotatable bonds is 8. The highest BCUT2D eigenvalue weighted by molar-refractivity contribution is 7.98. The Bertz CT molecular complexity index is 986. The molecule has 0 aliphatic carbocycles. The quantitative estimate of drug-likeness (QED) is 0.310. The maximum Gasteiger partial charge on any atom is 0.207 e. The first-order valence-electron chi connectivity index (χ1n) is 9.90. The molecule has 0 amide bonds. The van der Waals surface area contributed by atoms with Gasteiger partial charge in [0.25, 0.3) is 0 Å². The molecule has 1 aliphatic rings. The first-order chi connectivity index (χ1) is 14.6. The molecule has 9 nitrogen and oxygen atoms in total. The van der Waals surface area contributed by atoms with Crippen molar-refractivity contribution in [3.05, 3.63) is 42.2 Å². The van der Waals surface area contributed by atoms with Crippen molar-refractivity contribution in [1.29, 1.82) is 0 Å². The van der Waals surface area contributed by atoms with Gasteiger partial charge in [-0.15, -0.1) is 0 Å². The molecule has 4 N–H and O–H groups in total. The molecule has 1 aromatic carbocycles. The van der Waals surface area contributed by atoms with Gasteiger partial charge in [-0.2, -0.15) is 0 Å². The van der Waals surface area contributed by atoms with Gasteiger partial charge in [-0.05, 0) is 12.0 Å². The van der Waals surface area contributed by atoms with Crippen LogP contribution in [0, 0.1) is 0 Å². The summed E-state index contributed by atoms with van der Waals surface area (Å²) in [5.41, 5.74) is 2.25. The summed E-state index contributed by atoms with van der Waals surface area (Å²) >= 11 is 1.55. The van der Waals surface area contributed by atoms with Crippen LogP contribution in [0.1, 0.15) is 25.1 Å². The number of hydrogen-bond donors (Lipinski definition) is 4. The smallest absolute Gasteiger partial charge is 0.207 e. The Balaban J connectivity index is 1.71. The molecule has 0 bridgehead atoms. The van der Waals surface area contributed by atoms with Crippen LogP contribution in [0.3, 0.4) is 0 Å². The summed E-state index contributed by atoms with van der Waals surface area (Å²) in [6, 6.07) is 10.1. The Morgan fingerprint density at radius 2 is 1.97 bits per heavy atom. The maximum atomic E-state index is 10.6. The molecule has 10 heteroatoms. The number of nitrogens with one attached hydrogen (secondary N) is 1. The molecular weight excluding hydrogens is 406 g/mol. The van der Waals surface area contributed by atoms with Gasteiger partial charge in [-0.3, -0.25) is 4.57 Å². The fourth-order valence-electron chi connectivity index (χ4n) is 3.42. The fourth-order valence-corrected chi connectivity index (χ4v) is 4.31. The summed E-state index contributed by atoms with van der Waals surface area (Å²) in [5.74, 6) is 1.20. The zero-order chi connectivity index (χ0) is 21.1. The molecule has 0 radical (unpaired) electrons. The Labute approximate surface area is 178 Å².